The minimum Gasteiger partial charge on any atom is -0.447 e. The summed E-state index contributed by atoms with van der Waals surface area (Å²) in [6, 6.07) is 3.34. The van der Waals surface area contributed by atoms with Gasteiger partial charge in [-0.1, -0.05) is 6.92 Å². The summed E-state index contributed by atoms with van der Waals surface area (Å²) in [5, 5.41) is 3.19. The van der Waals surface area contributed by atoms with Crippen LogP contribution in [0.5, 0.6) is 0 Å². The monoisotopic (exact) mass is 284 g/mol. The predicted molar refractivity (Wildman–Crippen MR) is 73.9 cm³/mol. The van der Waals surface area contributed by atoms with E-state index in [1.807, 2.05) is 6.92 Å². The maximum Gasteiger partial charge on any atom is 0.275 e. The van der Waals surface area contributed by atoms with Crippen molar-refractivity contribution in [2.75, 3.05) is 14.1 Å². The molecule has 1 rings (SSSR count). The second-order valence-electron chi connectivity index (χ2n) is 4.40. The fourth-order valence-corrected chi connectivity index (χ4v) is 2.33. The van der Waals surface area contributed by atoms with Gasteiger partial charge >= 0.3 is 0 Å². The summed E-state index contributed by atoms with van der Waals surface area (Å²) < 4.78 is 30.1. The van der Waals surface area contributed by atoms with E-state index in [1.165, 1.54) is 20.2 Å². The van der Waals surface area contributed by atoms with E-state index in [4.69, 9.17) is 10.8 Å². The van der Waals surface area contributed by atoms with Gasteiger partial charge in [0.1, 0.15) is 5.76 Å². The molecule has 0 saturated heterocycles. The number of terminal acetylenes is 1. The van der Waals surface area contributed by atoms with Crippen LogP contribution in [0.3, 0.4) is 0 Å². The maximum absolute atomic E-state index is 11.8. The van der Waals surface area contributed by atoms with Crippen LogP contribution >= 0.6 is 0 Å². The third-order valence-electron chi connectivity index (χ3n) is 2.79. The van der Waals surface area contributed by atoms with Gasteiger partial charge in [0, 0.05) is 26.6 Å². The van der Waals surface area contributed by atoms with Gasteiger partial charge in [0.25, 0.3) is 10.0 Å². The Hall–Kier alpha value is -1.29. The van der Waals surface area contributed by atoms with Crippen molar-refractivity contribution in [2.24, 2.45) is 0 Å². The van der Waals surface area contributed by atoms with Crippen LogP contribution in [-0.2, 0) is 16.6 Å². The lowest BCUT2D eigenvalue weighted by Gasteiger charge is -2.12. The van der Waals surface area contributed by atoms with Crippen LogP contribution < -0.4 is 5.32 Å². The number of furan rings is 1. The summed E-state index contributed by atoms with van der Waals surface area (Å²) in [6.45, 7) is 2.50. The van der Waals surface area contributed by atoms with Crippen LogP contribution in [0.2, 0.25) is 0 Å². The Balaban J connectivity index is 2.69. The zero-order chi connectivity index (χ0) is 14.5. The Morgan fingerprint density at radius 1 is 1.47 bits per heavy atom. The van der Waals surface area contributed by atoms with Crippen molar-refractivity contribution in [3.63, 3.8) is 0 Å². The van der Waals surface area contributed by atoms with E-state index in [-0.39, 0.29) is 11.1 Å². The zero-order valence-electron chi connectivity index (χ0n) is 11.5. The molecule has 0 aliphatic heterocycles. The first-order chi connectivity index (χ1) is 8.91. The van der Waals surface area contributed by atoms with Crippen molar-refractivity contribution in [3.8, 4) is 12.3 Å². The molecule has 1 aromatic heterocycles. The molecular weight excluding hydrogens is 264 g/mol. The first-order valence-corrected chi connectivity index (χ1v) is 7.54. The highest BCUT2D eigenvalue weighted by Gasteiger charge is 2.21. The molecule has 0 spiro atoms. The van der Waals surface area contributed by atoms with Gasteiger partial charge in [-0.25, -0.2) is 12.7 Å². The maximum atomic E-state index is 11.8. The highest BCUT2D eigenvalue weighted by Crippen LogP contribution is 2.16. The summed E-state index contributed by atoms with van der Waals surface area (Å²) >= 11 is 0. The van der Waals surface area contributed by atoms with Crippen LogP contribution in [0.15, 0.2) is 21.6 Å². The number of hydrogen-bond donors (Lipinski definition) is 1. The van der Waals surface area contributed by atoms with Gasteiger partial charge in [-0.05, 0) is 18.6 Å². The lowest BCUT2D eigenvalue weighted by Crippen LogP contribution is -2.27. The van der Waals surface area contributed by atoms with Crippen molar-refractivity contribution in [2.45, 2.75) is 37.4 Å². The van der Waals surface area contributed by atoms with Crippen molar-refractivity contribution in [3.05, 3.63) is 17.9 Å². The lowest BCUT2D eigenvalue weighted by molar-refractivity contribution is 0.377. The van der Waals surface area contributed by atoms with Crippen LogP contribution in [0.1, 0.15) is 25.5 Å². The molecular formula is C13H20N2O3S. The van der Waals surface area contributed by atoms with Crippen LogP contribution in [0.25, 0.3) is 0 Å². The molecule has 1 unspecified atom stereocenters. The Morgan fingerprint density at radius 3 is 2.68 bits per heavy atom. The normalized spacial score (nSPS) is 13.4. The molecule has 6 heteroatoms. The highest BCUT2D eigenvalue weighted by molar-refractivity contribution is 7.88. The Labute approximate surface area is 115 Å². The molecule has 0 aromatic carbocycles. The molecule has 1 aromatic rings. The molecule has 0 fully saturated rings. The summed E-state index contributed by atoms with van der Waals surface area (Å²) in [7, 11) is -0.568. The van der Waals surface area contributed by atoms with Gasteiger partial charge in [0.15, 0.2) is 0 Å². The second-order valence-corrected chi connectivity index (χ2v) is 6.49. The fourth-order valence-electron chi connectivity index (χ4n) is 1.52. The number of rotatable bonds is 7. The van der Waals surface area contributed by atoms with Crippen LogP contribution in [0.4, 0.5) is 0 Å². The topological polar surface area (TPSA) is 62.6 Å². The average Bonchev–Trinajstić information content (AvgIpc) is 2.83. The molecule has 0 aliphatic carbocycles. The number of nitrogens with one attached hydrogen (secondary N) is 1. The first kappa shape index (κ1) is 15.8. The van der Waals surface area contributed by atoms with Crippen molar-refractivity contribution in [1.82, 2.24) is 9.62 Å². The van der Waals surface area contributed by atoms with E-state index in [9.17, 15) is 8.42 Å². The van der Waals surface area contributed by atoms with Crippen molar-refractivity contribution >= 4 is 10.0 Å². The van der Waals surface area contributed by atoms with Crippen molar-refractivity contribution < 1.29 is 12.8 Å². The summed E-state index contributed by atoms with van der Waals surface area (Å²) in [6.07, 6.45) is 6.82. The quantitative estimate of drug-likeness (QED) is 0.769. The molecule has 0 radical (unpaired) electrons. The second kappa shape index (κ2) is 6.75. The third-order valence-corrected chi connectivity index (χ3v) is 4.48. The molecule has 1 heterocycles. The molecule has 0 saturated carbocycles. The Kier molecular flexibility index (Phi) is 5.60. The number of nitrogens with zero attached hydrogens (tertiary/aromatic N) is 1. The van der Waals surface area contributed by atoms with Gasteiger partial charge in [-0.3, -0.25) is 0 Å². The van der Waals surface area contributed by atoms with Gasteiger partial charge < -0.3 is 9.73 Å². The standard InChI is InChI=1S/C13H20N2O3S/c1-5-7-11(6-2)14-10-12-8-9-13(18-12)19(16,17)15(3)4/h1,8-9,11,14H,6-7,10H2,2-4H3. The fraction of sp³-hybridized carbons (Fsp3) is 0.538. The molecule has 0 amide bonds. The number of hydrogen-bond acceptors (Lipinski definition) is 4. The molecule has 106 valence electrons. The Morgan fingerprint density at radius 2 is 2.16 bits per heavy atom. The molecule has 5 nitrogen and oxygen atoms in total. The molecule has 1 atom stereocenters. The van der Waals surface area contributed by atoms with E-state index in [0.29, 0.717) is 18.7 Å². The Bertz CT molecular complexity index is 540. The highest BCUT2D eigenvalue weighted by atomic mass is 32.2. The average molecular weight is 284 g/mol. The summed E-state index contributed by atoms with van der Waals surface area (Å²) in [4.78, 5) is 0. The third kappa shape index (κ3) is 4.10. The predicted octanol–water partition coefficient (Wildman–Crippen LogP) is 1.42. The largest absolute Gasteiger partial charge is 0.447 e. The van der Waals surface area contributed by atoms with Gasteiger partial charge in [0.2, 0.25) is 5.09 Å². The molecule has 0 bridgehead atoms. The van der Waals surface area contributed by atoms with E-state index in [1.54, 1.807) is 6.07 Å². The van der Waals surface area contributed by atoms with Crippen molar-refractivity contribution in [1.29, 1.82) is 0 Å². The molecule has 19 heavy (non-hydrogen) atoms. The molecule has 1 N–H and O–H groups in total. The van der Waals surface area contributed by atoms with Gasteiger partial charge in [-0.2, -0.15) is 0 Å². The first-order valence-electron chi connectivity index (χ1n) is 6.10. The summed E-state index contributed by atoms with van der Waals surface area (Å²) in [5.41, 5.74) is 0. The van der Waals surface area contributed by atoms with Crippen LogP contribution in [-0.4, -0.2) is 32.9 Å². The summed E-state index contributed by atoms with van der Waals surface area (Å²) in [5.74, 6) is 3.18. The van der Waals surface area contributed by atoms with E-state index >= 15 is 0 Å². The smallest absolute Gasteiger partial charge is 0.275 e. The lowest BCUT2D eigenvalue weighted by atomic mass is 10.1. The SMILES string of the molecule is C#CCC(CC)NCc1ccc(S(=O)(=O)N(C)C)o1. The van der Waals surface area contributed by atoms with Gasteiger partial charge in [0.05, 0.1) is 6.54 Å². The van der Waals surface area contributed by atoms with E-state index in [0.717, 1.165) is 10.7 Å². The zero-order valence-corrected chi connectivity index (χ0v) is 12.3. The minimum atomic E-state index is -3.50. The van der Waals surface area contributed by atoms with Crippen LogP contribution in [0, 0.1) is 12.3 Å². The van der Waals surface area contributed by atoms with Gasteiger partial charge in [-0.15, -0.1) is 12.3 Å². The minimum absolute atomic E-state index is 0.0423. The number of sulfonamides is 1. The van der Waals surface area contributed by atoms with E-state index in [2.05, 4.69) is 11.2 Å². The van der Waals surface area contributed by atoms with E-state index < -0.39 is 10.0 Å². The molecule has 0 aliphatic rings.